The van der Waals surface area contributed by atoms with E-state index in [1.165, 1.54) is 0 Å². The van der Waals surface area contributed by atoms with Gasteiger partial charge in [-0.1, -0.05) is 15.9 Å². The molecular weight excluding hydrogens is 240 g/mol. The Balaban J connectivity index is 2.92. The average Bonchev–Trinajstić information content (AvgIpc) is 1.82. The van der Waals surface area contributed by atoms with Gasteiger partial charge in [0, 0.05) is 10.9 Å². The number of rotatable bonds is 1. The topological polar surface area (TPSA) is 0 Å². The van der Waals surface area contributed by atoms with Gasteiger partial charge >= 0.3 is 0 Å². The molecule has 1 unspecified atom stereocenters. The largest absolute Gasteiger partial charge is 0.276 e. The molecule has 0 spiro atoms. The van der Waals surface area contributed by atoms with Gasteiger partial charge in [0.25, 0.3) is 6.43 Å². The highest BCUT2D eigenvalue weighted by Gasteiger charge is 2.41. The van der Waals surface area contributed by atoms with E-state index in [0.29, 0.717) is 6.08 Å². The van der Waals surface area contributed by atoms with Crippen LogP contribution in [0.1, 0.15) is 6.42 Å². The molecule has 0 aromatic heterocycles. The van der Waals surface area contributed by atoms with Crippen LogP contribution in [0.15, 0.2) is 22.5 Å². The molecule has 12 heavy (non-hydrogen) atoms. The molecule has 0 N–H and O–H groups in total. The third-order valence-electron chi connectivity index (χ3n) is 1.47. The predicted octanol–water partition coefficient (Wildman–Crippen LogP) is 3.50. The van der Waals surface area contributed by atoms with Gasteiger partial charge in [0.15, 0.2) is 5.67 Å². The van der Waals surface area contributed by atoms with Gasteiger partial charge in [-0.15, -0.1) is 0 Å². The lowest BCUT2D eigenvalue weighted by atomic mass is 9.97. The smallest absolute Gasteiger partial charge is 0.232 e. The Morgan fingerprint density at radius 3 is 2.50 bits per heavy atom. The van der Waals surface area contributed by atoms with Crippen LogP contribution in [0.3, 0.4) is 0 Å². The van der Waals surface area contributed by atoms with E-state index in [1.807, 2.05) is 0 Å². The zero-order chi connectivity index (χ0) is 9.35. The normalized spacial score (nSPS) is 30.2. The van der Waals surface area contributed by atoms with E-state index >= 15 is 0 Å². The third kappa shape index (κ3) is 1.88. The second-order valence-corrected chi connectivity index (χ2v) is 3.44. The molecule has 0 nitrogen and oxygen atoms in total. The summed E-state index contributed by atoms with van der Waals surface area (Å²) in [5.74, 6) is -0.882. The average molecular weight is 245 g/mol. The van der Waals surface area contributed by atoms with Crippen molar-refractivity contribution in [3.63, 3.8) is 0 Å². The van der Waals surface area contributed by atoms with Gasteiger partial charge < -0.3 is 0 Å². The first-order chi connectivity index (χ1) is 5.44. The van der Waals surface area contributed by atoms with Gasteiger partial charge in [0.1, 0.15) is 5.83 Å². The molecule has 0 saturated carbocycles. The predicted molar refractivity (Wildman–Crippen MR) is 40.7 cm³/mol. The van der Waals surface area contributed by atoms with E-state index in [1.54, 1.807) is 0 Å². The lowest BCUT2D eigenvalue weighted by Crippen LogP contribution is -2.31. The fraction of sp³-hybridized carbons (Fsp3) is 0.429. The van der Waals surface area contributed by atoms with Crippen molar-refractivity contribution in [2.45, 2.75) is 18.5 Å². The molecule has 1 aliphatic rings. The maximum Gasteiger partial charge on any atom is 0.276 e. The Morgan fingerprint density at radius 1 is 1.50 bits per heavy atom. The van der Waals surface area contributed by atoms with Crippen LogP contribution in [0.2, 0.25) is 0 Å². The van der Waals surface area contributed by atoms with E-state index in [2.05, 4.69) is 15.9 Å². The minimum Gasteiger partial charge on any atom is -0.232 e. The van der Waals surface area contributed by atoms with Crippen LogP contribution < -0.4 is 0 Å². The summed E-state index contributed by atoms with van der Waals surface area (Å²) in [6, 6.07) is 0. The maximum atomic E-state index is 13.1. The molecule has 0 saturated heterocycles. The van der Waals surface area contributed by atoms with Crippen LogP contribution in [-0.2, 0) is 0 Å². The standard InChI is InChI=1S/C7H5BrF4/c8-4-1-5(9)3-7(12,2-4)6(10)11/h1-2,6H,3H2. The Bertz CT molecular complexity index is 246. The third-order valence-corrected chi connectivity index (χ3v) is 1.93. The molecule has 0 amide bonds. The molecule has 0 aromatic carbocycles. The molecule has 68 valence electrons. The first-order valence-corrected chi connectivity index (χ1v) is 3.95. The van der Waals surface area contributed by atoms with Crippen LogP contribution in [0.5, 0.6) is 0 Å². The number of halogens is 5. The number of allylic oxidation sites excluding steroid dienone is 4. The van der Waals surface area contributed by atoms with Crippen molar-refractivity contribution in [2.75, 3.05) is 0 Å². The summed E-state index contributed by atoms with van der Waals surface area (Å²) in [5, 5.41) is 0. The zero-order valence-corrected chi connectivity index (χ0v) is 7.41. The van der Waals surface area contributed by atoms with E-state index in [0.717, 1.165) is 6.08 Å². The van der Waals surface area contributed by atoms with Crippen LogP contribution in [0, 0.1) is 0 Å². The van der Waals surface area contributed by atoms with Gasteiger partial charge in [-0.05, 0) is 12.2 Å². The first kappa shape index (κ1) is 9.77. The van der Waals surface area contributed by atoms with E-state index < -0.39 is 24.3 Å². The summed E-state index contributed by atoms with van der Waals surface area (Å²) in [5.41, 5.74) is -2.86. The summed E-state index contributed by atoms with van der Waals surface area (Å²) >= 11 is 2.74. The van der Waals surface area contributed by atoms with Crippen LogP contribution in [0.4, 0.5) is 17.6 Å². The highest BCUT2D eigenvalue weighted by molar-refractivity contribution is 9.11. The van der Waals surface area contributed by atoms with Crippen LogP contribution in [-0.4, -0.2) is 12.1 Å². The van der Waals surface area contributed by atoms with Gasteiger partial charge in [-0.25, -0.2) is 17.6 Å². The molecule has 1 atom stereocenters. The fourth-order valence-corrected chi connectivity index (χ4v) is 1.55. The van der Waals surface area contributed by atoms with Gasteiger partial charge in [-0.3, -0.25) is 0 Å². The number of hydrogen-bond acceptors (Lipinski definition) is 0. The quantitative estimate of drug-likeness (QED) is 0.620. The maximum absolute atomic E-state index is 13.1. The molecule has 1 aliphatic carbocycles. The summed E-state index contributed by atoms with van der Waals surface area (Å²) in [7, 11) is 0. The van der Waals surface area contributed by atoms with Crippen molar-refractivity contribution in [3.05, 3.63) is 22.5 Å². The van der Waals surface area contributed by atoms with Crippen molar-refractivity contribution in [2.24, 2.45) is 0 Å². The zero-order valence-electron chi connectivity index (χ0n) is 5.83. The summed E-state index contributed by atoms with van der Waals surface area (Å²) < 4.78 is 49.6. The molecule has 0 bridgehead atoms. The summed E-state index contributed by atoms with van der Waals surface area (Å²) in [6.07, 6.45) is -2.44. The molecule has 0 heterocycles. The monoisotopic (exact) mass is 244 g/mol. The van der Waals surface area contributed by atoms with Gasteiger partial charge in [0.2, 0.25) is 0 Å². The van der Waals surface area contributed by atoms with Crippen LogP contribution in [0.25, 0.3) is 0 Å². The molecule has 1 rings (SSSR count). The fourth-order valence-electron chi connectivity index (χ4n) is 0.922. The minimum absolute atomic E-state index is 0.00838. The summed E-state index contributed by atoms with van der Waals surface area (Å²) in [6.45, 7) is 0. The van der Waals surface area contributed by atoms with Gasteiger partial charge in [-0.2, -0.15) is 0 Å². The molecular formula is C7H5BrF4. The minimum atomic E-state index is -3.20. The van der Waals surface area contributed by atoms with Crippen molar-refractivity contribution in [1.82, 2.24) is 0 Å². The lowest BCUT2D eigenvalue weighted by Gasteiger charge is -2.22. The highest BCUT2D eigenvalue weighted by Crippen LogP contribution is 2.37. The second-order valence-electron chi connectivity index (χ2n) is 2.52. The van der Waals surface area contributed by atoms with Crippen molar-refractivity contribution >= 4 is 15.9 Å². The Hall–Kier alpha value is -0.320. The van der Waals surface area contributed by atoms with Crippen molar-refractivity contribution < 1.29 is 17.6 Å². The molecule has 0 aromatic rings. The molecule has 0 fully saturated rings. The Kier molecular flexibility index (Phi) is 2.61. The Morgan fingerprint density at radius 2 is 2.08 bits per heavy atom. The molecule has 0 aliphatic heterocycles. The first-order valence-electron chi connectivity index (χ1n) is 3.15. The van der Waals surface area contributed by atoms with Crippen molar-refractivity contribution in [1.29, 1.82) is 0 Å². The highest BCUT2D eigenvalue weighted by atomic mass is 79.9. The van der Waals surface area contributed by atoms with Crippen LogP contribution >= 0.6 is 15.9 Å². The number of hydrogen-bond donors (Lipinski definition) is 0. The molecule has 5 heteroatoms. The molecule has 0 radical (unpaired) electrons. The second kappa shape index (κ2) is 3.20. The van der Waals surface area contributed by atoms with E-state index in [9.17, 15) is 17.6 Å². The lowest BCUT2D eigenvalue weighted by molar-refractivity contribution is -0.00528. The number of alkyl halides is 3. The van der Waals surface area contributed by atoms with E-state index in [-0.39, 0.29) is 4.48 Å². The SMILES string of the molecule is FC1=CC(Br)=CC(F)(C(F)F)C1. The van der Waals surface area contributed by atoms with Gasteiger partial charge in [0.05, 0.1) is 0 Å². The van der Waals surface area contributed by atoms with Crippen molar-refractivity contribution in [3.8, 4) is 0 Å². The summed E-state index contributed by atoms with van der Waals surface area (Å²) in [4.78, 5) is 0. The van der Waals surface area contributed by atoms with E-state index in [4.69, 9.17) is 0 Å². The Labute approximate surface area is 75.1 Å².